The minimum Gasteiger partial charge on any atom is -0.375 e. The van der Waals surface area contributed by atoms with Gasteiger partial charge in [-0.1, -0.05) is 36.4 Å². The second-order valence-corrected chi connectivity index (χ2v) is 5.15. The molecule has 3 nitrogen and oxygen atoms in total. The maximum atomic E-state index is 13.3. The average molecular weight is 310 g/mol. The summed E-state index contributed by atoms with van der Waals surface area (Å²) in [5, 5.41) is 12.8. The van der Waals surface area contributed by atoms with Crippen molar-refractivity contribution in [2.75, 3.05) is 6.54 Å². The fourth-order valence-electron chi connectivity index (χ4n) is 2.05. The van der Waals surface area contributed by atoms with Crippen LogP contribution < -0.4 is 5.32 Å². The number of halogens is 3. The first-order chi connectivity index (χ1) is 10.3. The smallest absolute Gasteiger partial charge is 0.375 e. The Morgan fingerprint density at radius 2 is 1.77 bits per heavy atom. The zero-order valence-corrected chi connectivity index (χ0v) is 12.1. The van der Waals surface area contributed by atoms with Crippen LogP contribution in [0.3, 0.4) is 0 Å². The number of alkyl halides is 3. The molecule has 0 spiro atoms. The number of aliphatic hydroxyl groups is 1. The summed E-state index contributed by atoms with van der Waals surface area (Å²) in [5.41, 5.74) is -1.53. The monoisotopic (exact) mass is 310 g/mol. The largest absolute Gasteiger partial charge is 0.422 e. The summed E-state index contributed by atoms with van der Waals surface area (Å²) in [6, 6.07) is 10.6. The quantitative estimate of drug-likeness (QED) is 0.892. The van der Waals surface area contributed by atoms with E-state index in [4.69, 9.17) is 0 Å². The molecule has 0 amide bonds. The van der Waals surface area contributed by atoms with Gasteiger partial charge in [-0.3, -0.25) is 4.98 Å². The van der Waals surface area contributed by atoms with E-state index in [-0.39, 0.29) is 12.1 Å². The van der Waals surface area contributed by atoms with Crippen LogP contribution in [0.1, 0.15) is 16.8 Å². The van der Waals surface area contributed by atoms with Gasteiger partial charge in [-0.05, 0) is 24.1 Å². The number of nitrogens with one attached hydrogen (secondary N) is 1. The van der Waals surface area contributed by atoms with E-state index in [1.165, 1.54) is 24.3 Å². The van der Waals surface area contributed by atoms with Gasteiger partial charge in [0, 0.05) is 19.3 Å². The van der Waals surface area contributed by atoms with Crippen molar-refractivity contribution in [2.45, 2.75) is 25.2 Å². The molecule has 1 unspecified atom stereocenters. The van der Waals surface area contributed by atoms with Crippen LogP contribution in [0.15, 0.2) is 48.7 Å². The summed E-state index contributed by atoms with van der Waals surface area (Å²) < 4.78 is 39.8. The Morgan fingerprint density at radius 3 is 2.32 bits per heavy atom. The van der Waals surface area contributed by atoms with Gasteiger partial charge in [-0.15, -0.1) is 0 Å². The molecule has 0 saturated carbocycles. The molecule has 2 N–H and O–H groups in total. The fourth-order valence-corrected chi connectivity index (χ4v) is 2.05. The molecule has 1 heterocycles. The minimum absolute atomic E-state index is 0.144. The Bertz CT molecular complexity index is 599. The van der Waals surface area contributed by atoms with Crippen LogP contribution in [0.4, 0.5) is 13.2 Å². The Balaban J connectivity index is 2.10. The number of hydrogen-bond acceptors (Lipinski definition) is 3. The van der Waals surface area contributed by atoms with Gasteiger partial charge in [-0.25, -0.2) is 0 Å². The van der Waals surface area contributed by atoms with Gasteiger partial charge in [0.2, 0.25) is 0 Å². The third-order valence-corrected chi connectivity index (χ3v) is 3.38. The van der Waals surface area contributed by atoms with Crippen molar-refractivity contribution < 1.29 is 18.3 Å². The molecule has 0 aliphatic carbocycles. The van der Waals surface area contributed by atoms with E-state index in [1.54, 1.807) is 18.3 Å². The van der Waals surface area contributed by atoms with Crippen LogP contribution in [-0.4, -0.2) is 22.8 Å². The average Bonchev–Trinajstić information content (AvgIpc) is 2.49. The Hall–Kier alpha value is -1.92. The standard InChI is InChI=1S/C16H17F3N2O/c1-12-7-8-14(21-9-12)10-20-11-15(22,16(17,18)19)13-5-3-2-4-6-13/h2-9,20,22H,10-11H2,1H3. The lowest BCUT2D eigenvalue weighted by molar-refractivity contribution is -0.264. The highest BCUT2D eigenvalue weighted by molar-refractivity contribution is 5.25. The van der Waals surface area contributed by atoms with Gasteiger partial charge >= 0.3 is 6.18 Å². The zero-order valence-electron chi connectivity index (χ0n) is 12.1. The molecule has 0 saturated heterocycles. The van der Waals surface area contributed by atoms with E-state index >= 15 is 0 Å². The normalized spacial score (nSPS) is 14.6. The number of pyridine rings is 1. The lowest BCUT2D eigenvalue weighted by atomic mass is 9.93. The Labute approximate surface area is 126 Å². The van der Waals surface area contributed by atoms with Gasteiger partial charge in [0.05, 0.1) is 5.69 Å². The SMILES string of the molecule is Cc1ccc(CNCC(O)(c2ccccc2)C(F)(F)F)nc1. The highest BCUT2D eigenvalue weighted by atomic mass is 19.4. The van der Waals surface area contributed by atoms with E-state index in [9.17, 15) is 18.3 Å². The molecule has 118 valence electrons. The molecule has 1 aromatic carbocycles. The van der Waals surface area contributed by atoms with E-state index in [0.29, 0.717) is 5.69 Å². The van der Waals surface area contributed by atoms with Crippen molar-refractivity contribution in [1.29, 1.82) is 0 Å². The van der Waals surface area contributed by atoms with Crippen LogP contribution in [0, 0.1) is 6.92 Å². The van der Waals surface area contributed by atoms with Crippen LogP contribution in [-0.2, 0) is 12.1 Å². The lowest BCUT2D eigenvalue weighted by Gasteiger charge is -2.31. The van der Waals surface area contributed by atoms with Crippen molar-refractivity contribution in [3.63, 3.8) is 0 Å². The van der Waals surface area contributed by atoms with Crippen molar-refractivity contribution in [3.05, 3.63) is 65.5 Å². The zero-order chi connectivity index (χ0) is 16.2. The summed E-state index contributed by atoms with van der Waals surface area (Å²) in [7, 11) is 0. The van der Waals surface area contributed by atoms with E-state index in [0.717, 1.165) is 5.56 Å². The highest BCUT2D eigenvalue weighted by Crippen LogP contribution is 2.38. The van der Waals surface area contributed by atoms with E-state index in [2.05, 4.69) is 10.3 Å². The molecule has 0 aliphatic heterocycles. The van der Waals surface area contributed by atoms with Crippen LogP contribution in [0.5, 0.6) is 0 Å². The first kappa shape index (κ1) is 16.5. The first-order valence-electron chi connectivity index (χ1n) is 6.80. The second-order valence-electron chi connectivity index (χ2n) is 5.15. The number of benzene rings is 1. The molecule has 1 atom stereocenters. The molecular formula is C16H17F3N2O. The Kier molecular flexibility index (Phi) is 4.83. The molecule has 0 radical (unpaired) electrons. The maximum Gasteiger partial charge on any atom is 0.422 e. The number of hydrogen-bond donors (Lipinski definition) is 2. The third-order valence-electron chi connectivity index (χ3n) is 3.38. The topological polar surface area (TPSA) is 45.1 Å². The molecule has 1 aromatic heterocycles. The molecule has 2 aromatic rings. The molecule has 0 fully saturated rings. The number of aryl methyl sites for hydroxylation is 1. The molecule has 0 bridgehead atoms. The predicted molar refractivity (Wildman–Crippen MR) is 77.1 cm³/mol. The predicted octanol–water partition coefficient (Wildman–Crippen LogP) is 2.93. The van der Waals surface area contributed by atoms with E-state index < -0.39 is 18.3 Å². The van der Waals surface area contributed by atoms with Crippen molar-refractivity contribution in [3.8, 4) is 0 Å². The molecule has 22 heavy (non-hydrogen) atoms. The summed E-state index contributed by atoms with van der Waals surface area (Å²) >= 11 is 0. The summed E-state index contributed by atoms with van der Waals surface area (Å²) in [5.74, 6) is 0. The van der Waals surface area contributed by atoms with Crippen LogP contribution >= 0.6 is 0 Å². The summed E-state index contributed by atoms with van der Waals surface area (Å²) in [6.07, 6.45) is -3.13. The third kappa shape index (κ3) is 3.64. The minimum atomic E-state index is -4.78. The van der Waals surface area contributed by atoms with Gasteiger partial charge in [0.15, 0.2) is 5.60 Å². The summed E-state index contributed by atoms with van der Waals surface area (Å²) in [6.45, 7) is 1.38. The van der Waals surface area contributed by atoms with E-state index in [1.807, 2.05) is 13.0 Å². The van der Waals surface area contributed by atoms with Crippen molar-refractivity contribution in [2.24, 2.45) is 0 Å². The van der Waals surface area contributed by atoms with Gasteiger partial charge in [-0.2, -0.15) is 13.2 Å². The second kappa shape index (κ2) is 6.46. The van der Waals surface area contributed by atoms with Crippen molar-refractivity contribution in [1.82, 2.24) is 10.3 Å². The molecule has 6 heteroatoms. The number of rotatable bonds is 5. The van der Waals surface area contributed by atoms with Gasteiger partial charge < -0.3 is 10.4 Å². The lowest BCUT2D eigenvalue weighted by Crippen LogP contribution is -2.49. The maximum absolute atomic E-state index is 13.3. The number of aromatic nitrogens is 1. The number of nitrogens with zero attached hydrogens (tertiary/aromatic N) is 1. The van der Waals surface area contributed by atoms with Crippen LogP contribution in [0.2, 0.25) is 0 Å². The van der Waals surface area contributed by atoms with Crippen LogP contribution in [0.25, 0.3) is 0 Å². The van der Waals surface area contributed by atoms with Gasteiger partial charge in [0.1, 0.15) is 0 Å². The van der Waals surface area contributed by atoms with Gasteiger partial charge in [0.25, 0.3) is 0 Å². The fraction of sp³-hybridized carbons (Fsp3) is 0.312. The highest BCUT2D eigenvalue weighted by Gasteiger charge is 2.54. The molecular weight excluding hydrogens is 293 g/mol. The molecule has 0 aliphatic rings. The Morgan fingerprint density at radius 1 is 1.09 bits per heavy atom. The molecule has 2 rings (SSSR count). The summed E-state index contributed by atoms with van der Waals surface area (Å²) in [4.78, 5) is 4.11. The first-order valence-corrected chi connectivity index (χ1v) is 6.80. The van der Waals surface area contributed by atoms with Crippen molar-refractivity contribution >= 4 is 0 Å².